The number of piperidine rings is 1. The average Bonchev–Trinajstić information content (AvgIpc) is 2.88. The lowest BCUT2D eigenvalue weighted by Crippen LogP contribution is -2.51. The molecule has 0 spiro atoms. The fourth-order valence-electron chi connectivity index (χ4n) is 5.20. The first kappa shape index (κ1) is 26.9. The molecule has 3 rings (SSSR count). The highest BCUT2D eigenvalue weighted by Crippen LogP contribution is 2.34. The van der Waals surface area contributed by atoms with E-state index in [4.69, 9.17) is 9.47 Å². The number of anilines is 1. The highest BCUT2D eigenvalue weighted by atomic mass is 16.5. The minimum absolute atomic E-state index is 0.147. The van der Waals surface area contributed by atoms with Crippen molar-refractivity contribution in [3.63, 3.8) is 0 Å². The van der Waals surface area contributed by atoms with Crippen LogP contribution in [0.25, 0.3) is 0 Å². The highest BCUT2D eigenvalue weighted by Gasteiger charge is 2.37. The number of rotatable bonds is 10. The molecular weight excluding hydrogens is 448 g/mol. The molecule has 2 fully saturated rings. The normalized spacial score (nSPS) is 19.2. The number of piperazine rings is 1. The summed E-state index contributed by atoms with van der Waals surface area (Å²) in [5.74, 6) is -0.757. The molecule has 3 heterocycles. The summed E-state index contributed by atoms with van der Waals surface area (Å²) in [7, 11) is 0. The average molecular weight is 489 g/mol. The number of amides is 1. The van der Waals surface area contributed by atoms with Crippen LogP contribution in [0.2, 0.25) is 0 Å². The number of carbonyl (C=O) groups is 3. The van der Waals surface area contributed by atoms with Gasteiger partial charge in [0.25, 0.3) is 0 Å². The van der Waals surface area contributed by atoms with Crippen molar-refractivity contribution in [2.24, 2.45) is 17.8 Å². The second-order valence-electron chi connectivity index (χ2n) is 9.40. The molecule has 9 nitrogen and oxygen atoms in total. The molecule has 194 valence electrons. The molecule has 0 bridgehead atoms. The Morgan fingerprint density at radius 2 is 1.60 bits per heavy atom. The number of nitrogens with zero attached hydrogens (tertiary/aromatic N) is 4. The zero-order valence-electron chi connectivity index (χ0n) is 21.4. The molecule has 2 aliphatic rings. The first-order valence-electron chi connectivity index (χ1n) is 12.9. The van der Waals surface area contributed by atoms with Crippen LogP contribution in [0.4, 0.5) is 5.69 Å². The maximum absolute atomic E-state index is 13.0. The Hall–Kier alpha value is -2.68. The quantitative estimate of drug-likeness (QED) is 0.463. The van der Waals surface area contributed by atoms with E-state index in [2.05, 4.69) is 14.8 Å². The van der Waals surface area contributed by atoms with Crippen molar-refractivity contribution in [3.05, 3.63) is 24.5 Å². The highest BCUT2D eigenvalue weighted by molar-refractivity contribution is 5.78. The number of hydrogen-bond donors (Lipinski definition) is 0. The SMILES string of the molecule is CCOC(=O)CC(C1CCN(C(=O)CN2CCN(c3ccncc3)CC2)CC1)C(C)C(=O)OCC. The van der Waals surface area contributed by atoms with Crippen LogP contribution in [0.1, 0.15) is 40.0 Å². The Bertz CT molecular complexity index is 820. The molecule has 35 heavy (non-hydrogen) atoms. The molecule has 1 aromatic rings. The lowest BCUT2D eigenvalue weighted by Gasteiger charge is -2.39. The predicted octanol–water partition coefficient (Wildman–Crippen LogP) is 2.21. The van der Waals surface area contributed by atoms with Gasteiger partial charge < -0.3 is 19.3 Å². The maximum atomic E-state index is 13.0. The van der Waals surface area contributed by atoms with Gasteiger partial charge in [-0.15, -0.1) is 0 Å². The van der Waals surface area contributed by atoms with Crippen molar-refractivity contribution in [3.8, 4) is 0 Å². The zero-order valence-corrected chi connectivity index (χ0v) is 21.4. The van der Waals surface area contributed by atoms with Gasteiger partial charge in [-0.1, -0.05) is 6.92 Å². The number of ether oxygens (including phenoxy) is 2. The van der Waals surface area contributed by atoms with Crippen molar-refractivity contribution < 1.29 is 23.9 Å². The van der Waals surface area contributed by atoms with Gasteiger partial charge >= 0.3 is 11.9 Å². The molecule has 2 saturated heterocycles. The van der Waals surface area contributed by atoms with E-state index in [0.29, 0.717) is 32.8 Å². The monoisotopic (exact) mass is 488 g/mol. The van der Waals surface area contributed by atoms with Crippen LogP contribution in [0.5, 0.6) is 0 Å². The van der Waals surface area contributed by atoms with Crippen LogP contribution < -0.4 is 4.90 Å². The van der Waals surface area contributed by atoms with Crippen LogP contribution in [0.3, 0.4) is 0 Å². The molecule has 1 amide bonds. The second-order valence-corrected chi connectivity index (χ2v) is 9.40. The summed E-state index contributed by atoms with van der Waals surface area (Å²) in [6.07, 6.45) is 5.36. The molecule has 2 unspecified atom stereocenters. The first-order valence-corrected chi connectivity index (χ1v) is 12.9. The van der Waals surface area contributed by atoms with Gasteiger partial charge in [0.05, 0.1) is 25.7 Å². The Morgan fingerprint density at radius 1 is 0.971 bits per heavy atom. The van der Waals surface area contributed by atoms with Crippen molar-refractivity contribution in [2.75, 3.05) is 63.9 Å². The minimum Gasteiger partial charge on any atom is -0.466 e. The molecule has 0 radical (unpaired) electrons. The fourth-order valence-corrected chi connectivity index (χ4v) is 5.20. The van der Waals surface area contributed by atoms with Crippen molar-refractivity contribution in [2.45, 2.75) is 40.0 Å². The summed E-state index contributed by atoms with van der Waals surface area (Å²) in [6.45, 7) is 11.3. The number of pyridine rings is 1. The first-order chi connectivity index (χ1) is 16.9. The van der Waals surface area contributed by atoms with Gasteiger partial charge in [-0.05, 0) is 50.7 Å². The third-order valence-corrected chi connectivity index (χ3v) is 7.27. The number of carbonyl (C=O) groups excluding carboxylic acids is 3. The standard InChI is InChI=1S/C26H40N4O5/c1-4-34-25(32)18-23(20(3)26(33)35-5-2)21-8-12-30(13-9-21)24(31)19-28-14-16-29(17-15-28)22-6-10-27-11-7-22/h6-7,10-11,20-21,23H,4-5,8-9,12-19H2,1-3H3. The Labute approximate surface area is 208 Å². The molecule has 0 aromatic carbocycles. The number of likely N-dealkylation sites (tertiary alicyclic amines) is 1. The predicted molar refractivity (Wildman–Crippen MR) is 133 cm³/mol. The van der Waals surface area contributed by atoms with Crippen molar-refractivity contribution in [1.82, 2.24) is 14.8 Å². The summed E-state index contributed by atoms with van der Waals surface area (Å²) in [5.41, 5.74) is 1.17. The number of esters is 2. The van der Waals surface area contributed by atoms with Gasteiger partial charge in [-0.3, -0.25) is 24.3 Å². The van der Waals surface area contributed by atoms with Crippen molar-refractivity contribution in [1.29, 1.82) is 0 Å². The van der Waals surface area contributed by atoms with Crippen LogP contribution in [0.15, 0.2) is 24.5 Å². The van der Waals surface area contributed by atoms with Gasteiger partial charge in [-0.25, -0.2) is 0 Å². The van der Waals surface area contributed by atoms with Crippen LogP contribution in [-0.2, 0) is 23.9 Å². The van der Waals surface area contributed by atoms with Crippen LogP contribution in [-0.4, -0.2) is 91.7 Å². The minimum atomic E-state index is -0.386. The molecule has 1 aromatic heterocycles. The summed E-state index contributed by atoms with van der Waals surface area (Å²) in [5, 5.41) is 0. The van der Waals surface area contributed by atoms with Gasteiger partial charge in [0, 0.05) is 63.8 Å². The molecule has 2 aliphatic heterocycles. The third kappa shape index (κ3) is 7.65. The third-order valence-electron chi connectivity index (χ3n) is 7.27. The topological polar surface area (TPSA) is 92.3 Å². The molecule has 0 aliphatic carbocycles. The summed E-state index contributed by atoms with van der Waals surface area (Å²) in [6, 6.07) is 4.03. The van der Waals surface area contributed by atoms with E-state index in [1.807, 2.05) is 24.0 Å². The molecule has 2 atom stereocenters. The lowest BCUT2D eigenvalue weighted by atomic mass is 9.75. The van der Waals surface area contributed by atoms with Crippen LogP contribution >= 0.6 is 0 Å². The van der Waals surface area contributed by atoms with E-state index in [-0.39, 0.29) is 42.0 Å². The number of aromatic nitrogens is 1. The van der Waals surface area contributed by atoms with E-state index >= 15 is 0 Å². The Morgan fingerprint density at radius 3 is 2.20 bits per heavy atom. The zero-order chi connectivity index (χ0) is 25.2. The Kier molecular flexibility index (Phi) is 10.3. The number of hydrogen-bond acceptors (Lipinski definition) is 8. The van der Waals surface area contributed by atoms with Gasteiger partial charge in [0.2, 0.25) is 5.91 Å². The van der Waals surface area contributed by atoms with Gasteiger partial charge in [0.1, 0.15) is 0 Å². The second kappa shape index (κ2) is 13.4. The lowest BCUT2D eigenvalue weighted by molar-refractivity contribution is -0.153. The van der Waals surface area contributed by atoms with Crippen molar-refractivity contribution >= 4 is 23.5 Å². The van der Waals surface area contributed by atoms with E-state index < -0.39 is 0 Å². The van der Waals surface area contributed by atoms with Crippen LogP contribution in [0, 0.1) is 17.8 Å². The van der Waals surface area contributed by atoms with Gasteiger partial charge in [0.15, 0.2) is 0 Å². The molecule has 9 heteroatoms. The summed E-state index contributed by atoms with van der Waals surface area (Å²) in [4.78, 5) is 48.2. The summed E-state index contributed by atoms with van der Waals surface area (Å²) < 4.78 is 10.4. The molecule has 0 N–H and O–H groups in total. The largest absolute Gasteiger partial charge is 0.466 e. The smallest absolute Gasteiger partial charge is 0.308 e. The summed E-state index contributed by atoms with van der Waals surface area (Å²) >= 11 is 0. The van der Waals surface area contributed by atoms with E-state index in [1.54, 1.807) is 26.2 Å². The van der Waals surface area contributed by atoms with E-state index in [9.17, 15) is 14.4 Å². The van der Waals surface area contributed by atoms with E-state index in [1.165, 1.54) is 5.69 Å². The van der Waals surface area contributed by atoms with E-state index in [0.717, 1.165) is 39.0 Å². The Balaban J connectivity index is 1.49. The maximum Gasteiger partial charge on any atom is 0.308 e. The molecule has 0 saturated carbocycles. The van der Waals surface area contributed by atoms with Gasteiger partial charge in [-0.2, -0.15) is 0 Å². The molecular formula is C26H40N4O5. The fraction of sp³-hybridized carbons (Fsp3) is 0.692.